The van der Waals surface area contributed by atoms with Crippen LogP contribution in [-0.2, 0) is 26.2 Å². The Morgan fingerprint density at radius 3 is 2.59 bits per heavy atom. The molecule has 170 valence electrons. The molecule has 0 saturated heterocycles. The van der Waals surface area contributed by atoms with Crippen molar-refractivity contribution in [1.29, 1.82) is 0 Å². The number of aromatic nitrogens is 1. The zero-order valence-electron chi connectivity index (χ0n) is 17.6. The lowest BCUT2D eigenvalue weighted by atomic mass is 9.96. The number of hydrogen-bond donors (Lipinski definition) is 2. The molecular formula is C23H24Cl2N2O4S. The number of carbonyl (C=O) groups is 1. The molecule has 3 aromatic rings. The minimum absolute atomic E-state index is 0.0253. The van der Waals surface area contributed by atoms with E-state index in [4.69, 9.17) is 27.9 Å². The molecule has 0 bridgehead atoms. The molecule has 4 rings (SSSR count). The summed E-state index contributed by atoms with van der Waals surface area (Å²) in [5, 5.41) is 1.54. The van der Waals surface area contributed by atoms with E-state index in [0.29, 0.717) is 16.3 Å². The van der Waals surface area contributed by atoms with E-state index in [-0.39, 0.29) is 22.6 Å². The first-order chi connectivity index (χ1) is 15.2. The van der Waals surface area contributed by atoms with E-state index in [0.717, 1.165) is 48.6 Å². The lowest BCUT2D eigenvalue weighted by Gasteiger charge is -2.23. The van der Waals surface area contributed by atoms with Gasteiger partial charge in [0.15, 0.2) is 0 Å². The van der Waals surface area contributed by atoms with Gasteiger partial charge in [-0.25, -0.2) is 13.1 Å². The van der Waals surface area contributed by atoms with Crippen molar-refractivity contribution in [1.82, 2.24) is 9.71 Å². The Bertz CT molecular complexity index is 1260. The van der Waals surface area contributed by atoms with Gasteiger partial charge in [0.2, 0.25) is 10.0 Å². The monoisotopic (exact) mass is 494 g/mol. The molecule has 0 atom stereocenters. The largest absolute Gasteiger partial charge is 0.461 e. The van der Waals surface area contributed by atoms with Crippen molar-refractivity contribution in [3.05, 3.63) is 52.0 Å². The summed E-state index contributed by atoms with van der Waals surface area (Å²) in [4.78, 5) is 14.8. The Hall–Kier alpha value is -2.06. The first-order valence-corrected chi connectivity index (χ1v) is 12.7. The molecule has 9 heteroatoms. The summed E-state index contributed by atoms with van der Waals surface area (Å²) in [6.45, 7) is 1.38. The molecule has 32 heavy (non-hydrogen) atoms. The number of aromatic amines is 1. The highest BCUT2D eigenvalue weighted by molar-refractivity contribution is 7.89. The van der Waals surface area contributed by atoms with E-state index in [1.165, 1.54) is 6.92 Å². The molecule has 0 aliphatic heterocycles. The normalized spacial score (nSPS) is 15.2. The lowest BCUT2D eigenvalue weighted by molar-refractivity contribution is -0.142. The molecule has 0 spiro atoms. The van der Waals surface area contributed by atoms with Crippen molar-refractivity contribution in [3.63, 3.8) is 0 Å². The zero-order valence-corrected chi connectivity index (χ0v) is 19.9. The Morgan fingerprint density at radius 2 is 1.88 bits per heavy atom. The van der Waals surface area contributed by atoms with Gasteiger partial charge in [0.25, 0.3) is 0 Å². The number of esters is 1. The number of sulfonamides is 1. The molecule has 1 aliphatic rings. The number of halogens is 2. The smallest absolute Gasteiger partial charge is 0.302 e. The lowest BCUT2D eigenvalue weighted by Crippen LogP contribution is -2.36. The number of H-pyrrole nitrogens is 1. The fraction of sp³-hybridized carbons (Fsp3) is 0.348. The fourth-order valence-corrected chi connectivity index (χ4v) is 6.17. The first-order valence-electron chi connectivity index (χ1n) is 10.5. The molecule has 0 amide bonds. The predicted molar refractivity (Wildman–Crippen MR) is 126 cm³/mol. The Kier molecular flexibility index (Phi) is 6.81. The SMILES string of the molecule is CC(=O)OCc1c(-c2ccc(Cl)c(S(=O)(=O)NC3CCCCC3)c2)[nH]c2cc(Cl)ccc12. The second-order valence-corrected chi connectivity index (χ2v) is 10.6. The predicted octanol–water partition coefficient (Wildman–Crippen LogP) is 5.82. The van der Waals surface area contributed by atoms with Crippen LogP contribution in [0.5, 0.6) is 0 Å². The van der Waals surface area contributed by atoms with Gasteiger partial charge in [-0.3, -0.25) is 4.79 Å². The number of nitrogens with one attached hydrogen (secondary N) is 2. The van der Waals surface area contributed by atoms with Gasteiger partial charge in [0.05, 0.1) is 10.7 Å². The number of fused-ring (bicyclic) bond motifs is 1. The third-order valence-electron chi connectivity index (χ3n) is 5.72. The van der Waals surface area contributed by atoms with Crippen molar-refractivity contribution < 1.29 is 17.9 Å². The van der Waals surface area contributed by atoms with E-state index in [9.17, 15) is 13.2 Å². The van der Waals surface area contributed by atoms with Crippen molar-refractivity contribution in [3.8, 4) is 11.3 Å². The van der Waals surface area contributed by atoms with Crippen LogP contribution in [0.2, 0.25) is 10.0 Å². The van der Waals surface area contributed by atoms with Gasteiger partial charge in [-0.2, -0.15) is 0 Å². The fourth-order valence-electron chi connectivity index (χ4n) is 4.17. The molecule has 1 heterocycles. The van der Waals surface area contributed by atoms with E-state index in [2.05, 4.69) is 9.71 Å². The van der Waals surface area contributed by atoms with Crippen LogP contribution in [0, 0.1) is 0 Å². The van der Waals surface area contributed by atoms with Gasteiger partial charge in [-0.1, -0.05) is 54.6 Å². The summed E-state index contributed by atoms with van der Waals surface area (Å²) in [6, 6.07) is 10.2. The minimum Gasteiger partial charge on any atom is -0.461 e. The van der Waals surface area contributed by atoms with Crippen LogP contribution in [0.3, 0.4) is 0 Å². The summed E-state index contributed by atoms with van der Waals surface area (Å²) in [6.07, 6.45) is 4.80. The van der Waals surface area contributed by atoms with Crippen molar-refractivity contribution in [2.75, 3.05) is 0 Å². The topological polar surface area (TPSA) is 88.3 Å². The molecule has 1 aromatic heterocycles. The maximum absolute atomic E-state index is 13.1. The van der Waals surface area contributed by atoms with Gasteiger partial charge >= 0.3 is 5.97 Å². The molecule has 6 nitrogen and oxygen atoms in total. The highest BCUT2D eigenvalue weighted by Gasteiger charge is 2.25. The third kappa shape index (κ3) is 4.96. The Labute approximate surface area is 197 Å². The average Bonchev–Trinajstić information content (AvgIpc) is 3.10. The number of rotatable bonds is 6. The van der Waals surface area contributed by atoms with Crippen LogP contribution in [0.1, 0.15) is 44.6 Å². The van der Waals surface area contributed by atoms with Gasteiger partial charge in [-0.15, -0.1) is 0 Å². The average molecular weight is 495 g/mol. The van der Waals surface area contributed by atoms with Crippen molar-refractivity contribution >= 4 is 50.1 Å². The molecule has 1 saturated carbocycles. The summed E-state index contributed by atoms with van der Waals surface area (Å²) in [5.41, 5.74) is 2.76. The van der Waals surface area contributed by atoms with E-state index in [1.807, 2.05) is 6.07 Å². The van der Waals surface area contributed by atoms with Gasteiger partial charge in [0.1, 0.15) is 11.5 Å². The number of benzene rings is 2. The molecule has 0 radical (unpaired) electrons. The van der Waals surface area contributed by atoms with E-state index < -0.39 is 16.0 Å². The number of ether oxygens (including phenoxy) is 1. The van der Waals surface area contributed by atoms with Gasteiger partial charge in [-0.05, 0) is 42.7 Å². The summed E-state index contributed by atoms with van der Waals surface area (Å²) in [5.74, 6) is -0.407. The quantitative estimate of drug-likeness (QED) is 0.422. The van der Waals surface area contributed by atoms with Gasteiger partial charge < -0.3 is 9.72 Å². The van der Waals surface area contributed by atoms with Crippen LogP contribution >= 0.6 is 23.2 Å². The molecular weight excluding hydrogens is 471 g/mol. The second-order valence-electron chi connectivity index (χ2n) is 8.05. The maximum Gasteiger partial charge on any atom is 0.302 e. The summed E-state index contributed by atoms with van der Waals surface area (Å²) < 4.78 is 34.3. The molecule has 2 N–H and O–H groups in total. The molecule has 2 aromatic carbocycles. The highest BCUT2D eigenvalue weighted by Crippen LogP contribution is 2.35. The molecule has 1 aliphatic carbocycles. The van der Waals surface area contributed by atoms with Crippen molar-refractivity contribution in [2.45, 2.75) is 56.6 Å². The summed E-state index contributed by atoms with van der Waals surface area (Å²) >= 11 is 12.5. The first kappa shape index (κ1) is 23.1. The maximum atomic E-state index is 13.1. The summed E-state index contributed by atoms with van der Waals surface area (Å²) in [7, 11) is -3.80. The van der Waals surface area contributed by atoms with Crippen LogP contribution in [0.4, 0.5) is 0 Å². The number of carbonyl (C=O) groups excluding carboxylic acids is 1. The standard InChI is InChI=1S/C23H24Cl2N2O4S/c1-14(28)31-13-19-18-9-8-16(24)12-21(18)26-23(19)15-7-10-20(25)22(11-15)32(29,30)27-17-5-3-2-4-6-17/h7-12,17,26-27H,2-6,13H2,1H3. The Morgan fingerprint density at radius 1 is 1.12 bits per heavy atom. The van der Waals surface area contributed by atoms with E-state index in [1.54, 1.807) is 30.3 Å². The second kappa shape index (κ2) is 9.43. The molecule has 0 unspecified atom stereocenters. The van der Waals surface area contributed by atoms with Crippen LogP contribution < -0.4 is 4.72 Å². The Balaban J connectivity index is 1.77. The van der Waals surface area contributed by atoms with E-state index >= 15 is 0 Å². The van der Waals surface area contributed by atoms with Crippen molar-refractivity contribution in [2.24, 2.45) is 0 Å². The number of hydrogen-bond acceptors (Lipinski definition) is 4. The van der Waals surface area contributed by atoms with Gasteiger partial charge in [0, 0.05) is 34.5 Å². The highest BCUT2D eigenvalue weighted by atomic mass is 35.5. The molecule has 1 fully saturated rings. The van der Waals surface area contributed by atoms with Crippen LogP contribution in [0.25, 0.3) is 22.2 Å². The van der Waals surface area contributed by atoms with Crippen LogP contribution in [0.15, 0.2) is 41.3 Å². The zero-order chi connectivity index (χ0) is 22.9. The minimum atomic E-state index is -3.80. The third-order valence-corrected chi connectivity index (χ3v) is 7.96. The van der Waals surface area contributed by atoms with Crippen LogP contribution in [-0.4, -0.2) is 25.4 Å².